The van der Waals surface area contributed by atoms with Crippen LogP contribution in [0.4, 0.5) is 0 Å². The molecule has 9 heteroatoms. The molecular formula is C25H28N6O2S. The van der Waals surface area contributed by atoms with Crippen LogP contribution in [0.3, 0.4) is 0 Å². The Morgan fingerprint density at radius 2 is 1.68 bits per heavy atom. The van der Waals surface area contributed by atoms with Crippen molar-refractivity contribution in [2.75, 3.05) is 0 Å². The van der Waals surface area contributed by atoms with Crippen molar-refractivity contribution >= 4 is 17.5 Å². The fraction of sp³-hybridized carbons (Fsp3) is 0.320. The molecule has 4 rings (SSSR count). The summed E-state index contributed by atoms with van der Waals surface area (Å²) < 4.78 is 4.77. The van der Waals surface area contributed by atoms with Gasteiger partial charge in [-0.05, 0) is 47.4 Å². The number of carbonyl (C=O) groups excluding carboxylic acids is 1. The Bertz CT molecular complexity index is 1380. The molecule has 0 fully saturated rings. The quantitative estimate of drug-likeness (QED) is 0.307. The van der Waals surface area contributed by atoms with Gasteiger partial charge < -0.3 is 0 Å². The molecule has 0 radical (unpaired) electrons. The summed E-state index contributed by atoms with van der Waals surface area (Å²) in [5.74, 6) is -0.0218. The van der Waals surface area contributed by atoms with Crippen molar-refractivity contribution in [3.63, 3.8) is 0 Å². The second kappa shape index (κ2) is 9.06. The van der Waals surface area contributed by atoms with Crippen molar-refractivity contribution in [3.8, 4) is 11.4 Å². The van der Waals surface area contributed by atoms with Crippen LogP contribution in [-0.4, -0.2) is 40.6 Å². The molecule has 0 amide bonds. The number of carbonyl (C=O) groups is 1. The Morgan fingerprint density at radius 1 is 1.03 bits per heavy atom. The van der Waals surface area contributed by atoms with Crippen LogP contribution >= 0.6 is 11.8 Å². The first kappa shape index (κ1) is 23.7. The summed E-state index contributed by atoms with van der Waals surface area (Å²) in [5.41, 5.74) is 3.39. The summed E-state index contributed by atoms with van der Waals surface area (Å²) in [7, 11) is 1.82. The molecule has 2 aromatic carbocycles. The van der Waals surface area contributed by atoms with Gasteiger partial charge in [0, 0.05) is 12.6 Å². The third kappa shape index (κ3) is 4.35. The molecule has 1 unspecified atom stereocenters. The predicted molar refractivity (Wildman–Crippen MR) is 133 cm³/mol. The van der Waals surface area contributed by atoms with Crippen LogP contribution in [0.15, 0.2) is 64.5 Å². The Labute approximate surface area is 202 Å². The monoisotopic (exact) mass is 476 g/mol. The minimum atomic E-state index is -0.439. The Balaban J connectivity index is 1.63. The molecule has 0 aliphatic carbocycles. The van der Waals surface area contributed by atoms with Crippen molar-refractivity contribution in [2.24, 2.45) is 7.05 Å². The second-order valence-electron chi connectivity index (χ2n) is 9.24. The molecule has 8 nitrogen and oxygen atoms in total. The summed E-state index contributed by atoms with van der Waals surface area (Å²) in [6.45, 7) is 10.1. The van der Waals surface area contributed by atoms with Crippen molar-refractivity contribution in [3.05, 3.63) is 81.8 Å². The maximum Gasteiger partial charge on any atom is 0.297 e. The molecule has 0 aliphatic heterocycles. The highest BCUT2D eigenvalue weighted by Crippen LogP contribution is 2.27. The van der Waals surface area contributed by atoms with Gasteiger partial charge >= 0.3 is 0 Å². The van der Waals surface area contributed by atoms with Gasteiger partial charge in [-0.3, -0.25) is 14.3 Å². The van der Waals surface area contributed by atoms with Gasteiger partial charge in [0.15, 0.2) is 11.5 Å². The third-order valence-electron chi connectivity index (χ3n) is 5.86. The van der Waals surface area contributed by atoms with Gasteiger partial charge in [0.1, 0.15) is 0 Å². The lowest BCUT2D eigenvalue weighted by Gasteiger charge is -2.19. The summed E-state index contributed by atoms with van der Waals surface area (Å²) in [6.07, 6.45) is 0. The number of thioether (sulfide) groups is 1. The number of tetrazole rings is 1. The number of hydrogen-bond acceptors (Lipinski definition) is 6. The lowest BCUT2D eigenvalue weighted by Crippen LogP contribution is -2.22. The van der Waals surface area contributed by atoms with E-state index in [2.05, 4.69) is 36.3 Å². The number of benzene rings is 2. The lowest BCUT2D eigenvalue weighted by molar-refractivity contribution is 0.0994. The van der Waals surface area contributed by atoms with Crippen LogP contribution < -0.4 is 5.56 Å². The average molecular weight is 477 g/mol. The maximum atomic E-state index is 13.4. The van der Waals surface area contributed by atoms with Crippen molar-refractivity contribution in [1.82, 2.24) is 29.6 Å². The predicted octanol–water partition coefficient (Wildman–Crippen LogP) is 4.12. The van der Waals surface area contributed by atoms with E-state index in [1.807, 2.05) is 75.5 Å². The lowest BCUT2D eigenvalue weighted by atomic mass is 9.86. The summed E-state index contributed by atoms with van der Waals surface area (Å²) >= 11 is 1.23. The van der Waals surface area contributed by atoms with Crippen LogP contribution in [0.25, 0.3) is 11.4 Å². The number of rotatable bonds is 6. The third-order valence-corrected chi connectivity index (χ3v) is 6.90. The number of ketones is 1. The molecule has 0 aliphatic rings. The molecule has 0 saturated heterocycles. The van der Waals surface area contributed by atoms with E-state index >= 15 is 0 Å². The largest absolute Gasteiger partial charge is 0.297 e. The first-order chi connectivity index (χ1) is 16.1. The van der Waals surface area contributed by atoms with E-state index in [0.29, 0.717) is 22.1 Å². The highest BCUT2D eigenvalue weighted by Gasteiger charge is 2.25. The number of aromatic nitrogens is 6. The minimum Gasteiger partial charge on any atom is -0.293 e. The molecule has 176 valence electrons. The first-order valence-electron chi connectivity index (χ1n) is 11.0. The van der Waals surface area contributed by atoms with E-state index in [4.69, 9.17) is 0 Å². The van der Waals surface area contributed by atoms with Crippen LogP contribution in [0.1, 0.15) is 49.3 Å². The molecule has 0 N–H and O–H groups in total. The van der Waals surface area contributed by atoms with Crippen molar-refractivity contribution in [1.29, 1.82) is 0 Å². The fourth-order valence-electron chi connectivity index (χ4n) is 3.77. The zero-order valence-electron chi connectivity index (χ0n) is 20.2. The first-order valence-corrected chi connectivity index (χ1v) is 11.9. The van der Waals surface area contributed by atoms with Crippen LogP contribution in [0, 0.1) is 6.92 Å². The Kier molecular flexibility index (Phi) is 6.31. The normalized spacial score (nSPS) is 12.6. The van der Waals surface area contributed by atoms with Gasteiger partial charge in [-0.25, -0.2) is 4.68 Å². The average Bonchev–Trinajstić information content (AvgIpc) is 3.34. The molecule has 1 atom stereocenters. The molecule has 0 bridgehead atoms. The highest BCUT2D eigenvalue weighted by atomic mass is 32.2. The van der Waals surface area contributed by atoms with E-state index in [1.54, 1.807) is 9.36 Å². The van der Waals surface area contributed by atoms with E-state index in [1.165, 1.54) is 22.0 Å². The van der Waals surface area contributed by atoms with Crippen LogP contribution in [0.5, 0.6) is 0 Å². The van der Waals surface area contributed by atoms with Gasteiger partial charge in [-0.1, -0.05) is 75.0 Å². The van der Waals surface area contributed by atoms with E-state index in [0.717, 1.165) is 5.69 Å². The zero-order valence-corrected chi connectivity index (χ0v) is 21.0. The van der Waals surface area contributed by atoms with Gasteiger partial charge in [0.05, 0.1) is 16.6 Å². The van der Waals surface area contributed by atoms with Crippen LogP contribution in [0.2, 0.25) is 0 Å². The molecule has 0 saturated carbocycles. The van der Waals surface area contributed by atoms with E-state index in [9.17, 15) is 9.59 Å². The smallest absolute Gasteiger partial charge is 0.293 e. The molecule has 2 heterocycles. The summed E-state index contributed by atoms with van der Waals surface area (Å²) in [6, 6.07) is 17.1. The minimum absolute atomic E-state index is 0.0181. The molecule has 2 aromatic heterocycles. The summed E-state index contributed by atoms with van der Waals surface area (Å²) in [5, 5.41) is 11.9. The number of Topliss-reactive ketones (excluding diaryl/α,β-unsaturated/α-hetero) is 1. The van der Waals surface area contributed by atoms with Gasteiger partial charge in [0.2, 0.25) is 5.16 Å². The Hall–Kier alpha value is -3.46. The van der Waals surface area contributed by atoms with Crippen molar-refractivity contribution in [2.45, 2.75) is 50.4 Å². The molecule has 4 aromatic rings. The Morgan fingerprint density at radius 3 is 2.29 bits per heavy atom. The van der Waals surface area contributed by atoms with E-state index < -0.39 is 5.25 Å². The molecule has 0 spiro atoms. The zero-order chi connectivity index (χ0) is 24.6. The number of nitrogens with zero attached hydrogens (tertiary/aromatic N) is 6. The van der Waals surface area contributed by atoms with Crippen LogP contribution in [-0.2, 0) is 12.5 Å². The van der Waals surface area contributed by atoms with Crippen molar-refractivity contribution < 1.29 is 4.79 Å². The van der Waals surface area contributed by atoms with E-state index in [-0.39, 0.29) is 16.8 Å². The van der Waals surface area contributed by atoms with Gasteiger partial charge in [0.25, 0.3) is 5.56 Å². The second-order valence-corrected chi connectivity index (χ2v) is 10.5. The standard InChI is InChI=1S/C25H28N6O2S/c1-16-21(23(33)31(29(16)6)20-10-8-7-9-11-20)30-24(26-27-28-30)34-17(2)22(32)18-12-14-19(15-13-18)25(3,4)5/h7-15,17H,1-6H3. The molecule has 34 heavy (non-hydrogen) atoms. The highest BCUT2D eigenvalue weighted by molar-refractivity contribution is 8.00. The number of hydrogen-bond donors (Lipinski definition) is 0. The van der Waals surface area contributed by atoms with Gasteiger partial charge in [-0.2, -0.15) is 4.68 Å². The number of para-hydroxylation sites is 1. The SMILES string of the molecule is Cc1c(-n2nnnc2SC(C)C(=O)c2ccc(C(C)(C)C)cc2)c(=O)n(-c2ccccc2)n1C. The maximum absolute atomic E-state index is 13.4. The molecular weight excluding hydrogens is 448 g/mol. The van der Waals surface area contributed by atoms with Gasteiger partial charge in [-0.15, -0.1) is 5.10 Å². The summed E-state index contributed by atoms with van der Waals surface area (Å²) in [4.78, 5) is 26.5. The fourth-order valence-corrected chi connectivity index (χ4v) is 4.64. The topological polar surface area (TPSA) is 87.6 Å².